The predicted octanol–water partition coefficient (Wildman–Crippen LogP) is 1.73. The molecular formula is C7H3IN2O2. The predicted molar refractivity (Wildman–Crippen MR) is 51.8 cm³/mol. The van der Waals surface area contributed by atoms with Crippen molar-refractivity contribution in [3.05, 3.63) is 34.1 Å². The van der Waals surface area contributed by atoms with Gasteiger partial charge in [0.25, 0.3) is 0 Å². The zero-order chi connectivity index (χ0) is 8.97. The van der Waals surface area contributed by atoms with Crippen LogP contribution in [0.3, 0.4) is 0 Å². The van der Waals surface area contributed by atoms with Crippen LogP contribution in [0.25, 0.3) is 0 Å². The van der Waals surface area contributed by atoms with Crippen LogP contribution in [0, 0.1) is 20.0 Å². The molecule has 0 fully saturated rings. The van der Waals surface area contributed by atoms with E-state index < -0.39 is 4.92 Å². The van der Waals surface area contributed by atoms with E-state index in [-0.39, 0.29) is 11.4 Å². The second kappa shape index (κ2) is 4.01. The summed E-state index contributed by atoms with van der Waals surface area (Å²) in [6, 6.07) is 2.89. The minimum atomic E-state index is -0.497. The van der Waals surface area contributed by atoms with E-state index in [1.54, 1.807) is 0 Å². The van der Waals surface area contributed by atoms with E-state index >= 15 is 0 Å². The monoisotopic (exact) mass is 274 g/mol. The van der Waals surface area contributed by atoms with Gasteiger partial charge in [0.2, 0.25) is 0 Å². The molecule has 0 bridgehead atoms. The van der Waals surface area contributed by atoms with Gasteiger partial charge in [-0.3, -0.25) is 10.1 Å². The maximum Gasteiger partial charge on any atom is 0.303 e. The molecule has 1 heterocycles. The van der Waals surface area contributed by atoms with Crippen LogP contribution in [0.2, 0.25) is 0 Å². The standard InChI is InChI=1S/C7H3IN2O2/c8-4-3-6-7(10(11)12)2-1-5-9-6/h1-2,5H. The van der Waals surface area contributed by atoms with Crippen LogP contribution in [-0.4, -0.2) is 9.91 Å². The highest BCUT2D eigenvalue weighted by Gasteiger charge is 2.10. The van der Waals surface area contributed by atoms with Gasteiger partial charge < -0.3 is 0 Å². The van der Waals surface area contributed by atoms with Crippen LogP contribution in [0.15, 0.2) is 18.3 Å². The molecule has 4 nitrogen and oxygen atoms in total. The fraction of sp³-hybridized carbons (Fsp3) is 0. The molecule has 0 spiro atoms. The largest absolute Gasteiger partial charge is 0.303 e. The Morgan fingerprint density at radius 1 is 1.67 bits per heavy atom. The molecule has 0 aliphatic heterocycles. The van der Waals surface area contributed by atoms with E-state index in [0.29, 0.717) is 0 Å². The minimum Gasteiger partial charge on any atom is -0.258 e. The number of rotatable bonds is 1. The molecule has 5 heteroatoms. The molecule has 0 saturated carbocycles. The summed E-state index contributed by atoms with van der Waals surface area (Å²) in [5.74, 6) is 2.54. The Hall–Kier alpha value is -1.16. The van der Waals surface area contributed by atoms with Crippen LogP contribution in [-0.2, 0) is 0 Å². The first-order valence-corrected chi connectivity index (χ1v) is 4.04. The highest BCUT2D eigenvalue weighted by atomic mass is 127. The lowest BCUT2D eigenvalue weighted by atomic mass is 10.3. The quantitative estimate of drug-likeness (QED) is 0.339. The van der Waals surface area contributed by atoms with Gasteiger partial charge in [0.15, 0.2) is 5.69 Å². The number of nitro groups is 1. The Balaban J connectivity index is 3.23. The van der Waals surface area contributed by atoms with E-state index in [0.717, 1.165) is 0 Å². The lowest BCUT2D eigenvalue weighted by Gasteiger charge is -1.91. The van der Waals surface area contributed by atoms with Gasteiger partial charge in [-0.25, -0.2) is 4.98 Å². The van der Waals surface area contributed by atoms with Crippen molar-refractivity contribution < 1.29 is 4.92 Å². The second-order valence-electron chi connectivity index (χ2n) is 1.85. The molecule has 0 aromatic carbocycles. The van der Waals surface area contributed by atoms with Gasteiger partial charge in [-0.1, -0.05) is 0 Å². The highest BCUT2D eigenvalue weighted by Crippen LogP contribution is 2.13. The van der Waals surface area contributed by atoms with Crippen LogP contribution in [0.4, 0.5) is 5.69 Å². The highest BCUT2D eigenvalue weighted by molar-refractivity contribution is 14.1. The molecule has 0 unspecified atom stereocenters. The number of nitrogens with zero attached hydrogens (tertiary/aromatic N) is 2. The van der Waals surface area contributed by atoms with Crippen molar-refractivity contribution in [1.82, 2.24) is 4.98 Å². The van der Waals surface area contributed by atoms with Gasteiger partial charge in [0.1, 0.15) is 0 Å². The summed E-state index contributed by atoms with van der Waals surface area (Å²) in [7, 11) is 0. The SMILES string of the molecule is O=[N+]([O-])c1cccnc1C#CI. The number of pyridine rings is 1. The fourth-order valence-electron chi connectivity index (χ4n) is 0.685. The molecule has 0 saturated heterocycles. The molecule has 60 valence electrons. The average molecular weight is 274 g/mol. The smallest absolute Gasteiger partial charge is 0.258 e. The summed E-state index contributed by atoms with van der Waals surface area (Å²) in [4.78, 5) is 13.7. The summed E-state index contributed by atoms with van der Waals surface area (Å²) >= 11 is 1.81. The van der Waals surface area contributed by atoms with Crippen LogP contribution < -0.4 is 0 Å². The Morgan fingerprint density at radius 2 is 2.42 bits per heavy atom. The van der Waals surface area contributed by atoms with Crippen molar-refractivity contribution >= 4 is 28.3 Å². The Labute approximate surface area is 82.3 Å². The van der Waals surface area contributed by atoms with Crippen LogP contribution in [0.5, 0.6) is 0 Å². The van der Waals surface area contributed by atoms with Crippen molar-refractivity contribution in [2.24, 2.45) is 0 Å². The zero-order valence-electron chi connectivity index (χ0n) is 5.82. The summed E-state index contributed by atoms with van der Waals surface area (Å²) in [6.07, 6.45) is 1.48. The Kier molecular flexibility index (Phi) is 2.99. The first-order chi connectivity index (χ1) is 5.75. The molecule has 0 radical (unpaired) electrons. The topological polar surface area (TPSA) is 56.0 Å². The minimum absolute atomic E-state index is 0.0540. The van der Waals surface area contributed by atoms with E-state index in [2.05, 4.69) is 14.8 Å². The second-order valence-corrected chi connectivity index (χ2v) is 2.39. The van der Waals surface area contributed by atoms with E-state index in [1.807, 2.05) is 22.6 Å². The molecule has 0 aliphatic carbocycles. The molecule has 12 heavy (non-hydrogen) atoms. The third-order valence-electron chi connectivity index (χ3n) is 1.15. The fourth-order valence-corrected chi connectivity index (χ4v) is 0.941. The summed E-state index contributed by atoms with van der Waals surface area (Å²) in [5, 5.41) is 10.4. The van der Waals surface area contributed by atoms with Crippen molar-refractivity contribution in [2.75, 3.05) is 0 Å². The van der Waals surface area contributed by atoms with E-state index in [9.17, 15) is 10.1 Å². The molecule has 0 amide bonds. The number of aromatic nitrogens is 1. The van der Waals surface area contributed by atoms with Crippen molar-refractivity contribution in [3.63, 3.8) is 0 Å². The van der Waals surface area contributed by atoms with Gasteiger partial charge in [0, 0.05) is 34.9 Å². The van der Waals surface area contributed by atoms with Crippen LogP contribution >= 0.6 is 22.6 Å². The summed E-state index contributed by atoms with van der Waals surface area (Å²) in [6.45, 7) is 0. The molecule has 1 aromatic rings. The maximum absolute atomic E-state index is 10.4. The third-order valence-corrected chi connectivity index (χ3v) is 1.42. The molecule has 0 N–H and O–H groups in total. The average Bonchev–Trinajstić information content (AvgIpc) is 2.05. The lowest BCUT2D eigenvalue weighted by Crippen LogP contribution is -1.93. The van der Waals surface area contributed by atoms with Crippen molar-refractivity contribution in [1.29, 1.82) is 0 Å². The first kappa shape index (κ1) is 8.93. The van der Waals surface area contributed by atoms with Gasteiger partial charge >= 0.3 is 5.69 Å². The number of halogens is 1. The number of hydrogen-bond acceptors (Lipinski definition) is 3. The molecule has 0 aliphatic rings. The summed E-state index contributed by atoms with van der Waals surface area (Å²) in [5.41, 5.74) is 0.151. The molecular weight excluding hydrogens is 271 g/mol. The zero-order valence-corrected chi connectivity index (χ0v) is 7.98. The molecule has 0 atom stereocenters. The first-order valence-electron chi connectivity index (χ1n) is 2.96. The third kappa shape index (κ3) is 1.92. The normalized spacial score (nSPS) is 8.42. The van der Waals surface area contributed by atoms with Gasteiger partial charge in [-0.2, -0.15) is 0 Å². The van der Waals surface area contributed by atoms with Crippen molar-refractivity contribution in [2.45, 2.75) is 0 Å². The van der Waals surface area contributed by atoms with Gasteiger partial charge in [0.05, 0.1) is 4.92 Å². The van der Waals surface area contributed by atoms with E-state index in [1.165, 1.54) is 18.3 Å². The molecule has 1 aromatic heterocycles. The van der Waals surface area contributed by atoms with E-state index in [4.69, 9.17) is 0 Å². The maximum atomic E-state index is 10.4. The van der Waals surface area contributed by atoms with Gasteiger partial charge in [-0.15, -0.1) is 0 Å². The number of hydrogen-bond donors (Lipinski definition) is 0. The summed E-state index contributed by atoms with van der Waals surface area (Å²) < 4.78 is 2.53. The lowest BCUT2D eigenvalue weighted by molar-refractivity contribution is -0.385. The van der Waals surface area contributed by atoms with Gasteiger partial charge in [-0.05, 0) is 15.9 Å². The van der Waals surface area contributed by atoms with Crippen LogP contribution in [0.1, 0.15) is 5.69 Å². The Morgan fingerprint density at radius 3 is 3.00 bits per heavy atom. The molecule has 1 rings (SSSR count). The van der Waals surface area contributed by atoms with Crippen molar-refractivity contribution in [3.8, 4) is 9.85 Å². The Bertz CT molecular complexity index is 367.